The summed E-state index contributed by atoms with van der Waals surface area (Å²) in [5.41, 5.74) is 2.20. The predicted octanol–water partition coefficient (Wildman–Crippen LogP) is 4.10. The van der Waals surface area contributed by atoms with Gasteiger partial charge in [0.2, 0.25) is 10.0 Å². The largest absolute Gasteiger partial charge is 0.322 e. The summed E-state index contributed by atoms with van der Waals surface area (Å²) in [5, 5.41) is 2.99. The van der Waals surface area contributed by atoms with E-state index in [-0.39, 0.29) is 16.8 Å². The van der Waals surface area contributed by atoms with Gasteiger partial charge in [0.1, 0.15) is 0 Å². The van der Waals surface area contributed by atoms with Crippen LogP contribution >= 0.6 is 0 Å². The molecule has 2 aromatic rings. The molecule has 6 nitrogen and oxygen atoms in total. The molecule has 4 rings (SSSR count). The smallest absolute Gasteiger partial charge is 0.255 e. The Labute approximate surface area is 185 Å². The van der Waals surface area contributed by atoms with Crippen molar-refractivity contribution in [3.63, 3.8) is 0 Å². The van der Waals surface area contributed by atoms with E-state index in [1.807, 2.05) is 31.2 Å². The normalized spacial score (nSPS) is 20.6. The summed E-state index contributed by atoms with van der Waals surface area (Å²) in [4.78, 5) is 15.6. The van der Waals surface area contributed by atoms with Gasteiger partial charge in [-0.25, -0.2) is 8.42 Å². The minimum atomic E-state index is -3.62. The summed E-state index contributed by atoms with van der Waals surface area (Å²) >= 11 is 0. The molecule has 1 N–H and O–H groups in total. The van der Waals surface area contributed by atoms with Crippen LogP contribution in [0, 0.1) is 0 Å². The first-order valence-electron chi connectivity index (χ1n) is 11.2. The average Bonchev–Trinajstić information content (AvgIpc) is 3.28. The molecule has 0 saturated carbocycles. The van der Waals surface area contributed by atoms with E-state index in [0.29, 0.717) is 12.1 Å². The maximum atomic E-state index is 13.2. The molecule has 2 aliphatic rings. The summed E-state index contributed by atoms with van der Waals surface area (Å²) in [6.07, 6.45) is 5.22. The standard InChI is InChI=1S/C24H31N3O3S/c1-19-9-4-5-16-27(19)31(29,30)22-12-8-11-20(17-22)24(28)25-23-13-3-2-10-21(23)18-26-14-6-7-15-26/h2-3,8,10-13,17,19H,4-7,9,14-16,18H2,1H3,(H,25,28). The predicted molar refractivity (Wildman–Crippen MR) is 123 cm³/mol. The molecule has 31 heavy (non-hydrogen) atoms. The monoisotopic (exact) mass is 441 g/mol. The van der Waals surface area contributed by atoms with Crippen LogP contribution in [0.4, 0.5) is 5.69 Å². The Hall–Kier alpha value is -2.22. The van der Waals surface area contributed by atoms with Gasteiger partial charge in [0.05, 0.1) is 4.90 Å². The molecule has 0 aromatic heterocycles. The second-order valence-corrected chi connectivity index (χ2v) is 10.5. The fraction of sp³-hybridized carbons (Fsp3) is 0.458. The lowest BCUT2D eigenvalue weighted by molar-refractivity contribution is 0.102. The molecule has 2 heterocycles. The second kappa shape index (κ2) is 9.51. The highest BCUT2D eigenvalue weighted by atomic mass is 32.2. The van der Waals surface area contributed by atoms with E-state index < -0.39 is 10.0 Å². The van der Waals surface area contributed by atoms with Gasteiger partial charge in [0.25, 0.3) is 5.91 Å². The van der Waals surface area contributed by atoms with Gasteiger partial charge in [-0.2, -0.15) is 4.31 Å². The summed E-state index contributed by atoms with van der Waals surface area (Å²) in [6.45, 7) is 5.44. The highest BCUT2D eigenvalue weighted by Gasteiger charge is 2.31. The third-order valence-electron chi connectivity index (χ3n) is 6.30. The van der Waals surface area contributed by atoms with Crippen molar-refractivity contribution in [1.29, 1.82) is 0 Å². The van der Waals surface area contributed by atoms with Crippen LogP contribution in [0.2, 0.25) is 0 Å². The SMILES string of the molecule is CC1CCCCN1S(=O)(=O)c1cccc(C(=O)Nc2ccccc2CN2CCCC2)c1. The lowest BCUT2D eigenvalue weighted by Crippen LogP contribution is -2.41. The number of carbonyl (C=O) groups is 1. The zero-order valence-electron chi connectivity index (χ0n) is 18.1. The van der Waals surface area contributed by atoms with Gasteiger partial charge in [-0.15, -0.1) is 0 Å². The summed E-state index contributed by atoms with van der Waals surface area (Å²) < 4.78 is 27.9. The Balaban J connectivity index is 1.53. The molecule has 2 aromatic carbocycles. The van der Waals surface area contributed by atoms with Crippen LogP contribution in [0.3, 0.4) is 0 Å². The molecule has 0 spiro atoms. The highest BCUT2D eigenvalue weighted by Crippen LogP contribution is 2.26. The van der Waals surface area contributed by atoms with E-state index in [1.165, 1.54) is 18.9 Å². The van der Waals surface area contributed by atoms with Crippen molar-refractivity contribution in [1.82, 2.24) is 9.21 Å². The van der Waals surface area contributed by atoms with Crippen LogP contribution in [0.25, 0.3) is 0 Å². The van der Waals surface area contributed by atoms with E-state index in [4.69, 9.17) is 0 Å². The molecule has 2 saturated heterocycles. The number of rotatable bonds is 6. The first-order valence-corrected chi connectivity index (χ1v) is 12.6. The quantitative estimate of drug-likeness (QED) is 0.733. The number of benzene rings is 2. The molecule has 1 atom stereocenters. The fourth-order valence-corrected chi connectivity index (χ4v) is 6.26. The van der Waals surface area contributed by atoms with E-state index in [1.54, 1.807) is 22.5 Å². The van der Waals surface area contributed by atoms with Crippen LogP contribution in [-0.4, -0.2) is 49.2 Å². The molecule has 166 valence electrons. The molecule has 0 aliphatic carbocycles. The number of nitrogens with one attached hydrogen (secondary N) is 1. The molecule has 1 amide bonds. The number of anilines is 1. The van der Waals surface area contributed by atoms with Gasteiger partial charge in [0, 0.05) is 30.4 Å². The van der Waals surface area contributed by atoms with Crippen LogP contribution in [0.15, 0.2) is 53.4 Å². The van der Waals surface area contributed by atoms with E-state index in [0.717, 1.165) is 50.1 Å². The summed E-state index contributed by atoms with van der Waals surface area (Å²) in [5.74, 6) is -0.294. The Kier molecular flexibility index (Phi) is 6.74. The van der Waals surface area contributed by atoms with Gasteiger partial charge in [0.15, 0.2) is 0 Å². The van der Waals surface area contributed by atoms with E-state index in [2.05, 4.69) is 10.2 Å². The molecule has 1 unspecified atom stereocenters. The number of hydrogen-bond acceptors (Lipinski definition) is 4. The van der Waals surface area contributed by atoms with Crippen molar-refractivity contribution >= 4 is 21.6 Å². The summed E-state index contributed by atoms with van der Waals surface area (Å²) in [6, 6.07) is 14.2. The van der Waals surface area contributed by atoms with Crippen LogP contribution < -0.4 is 5.32 Å². The Morgan fingerprint density at radius 2 is 1.74 bits per heavy atom. The van der Waals surface area contributed by atoms with Crippen LogP contribution in [0.1, 0.15) is 54.9 Å². The average molecular weight is 442 g/mol. The van der Waals surface area contributed by atoms with Gasteiger partial charge >= 0.3 is 0 Å². The first-order chi connectivity index (χ1) is 14.9. The van der Waals surface area contributed by atoms with Gasteiger partial charge < -0.3 is 5.32 Å². The molecule has 0 bridgehead atoms. The first kappa shape index (κ1) is 22.0. The van der Waals surface area contributed by atoms with Crippen LogP contribution in [-0.2, 0) is 16.6 Å². The minimum Gasteiger partial charge on any atom is -0.322 e. The van der Waals surface area contributed by atoms with Gasteiger partial charge in [-0.3, -0.25) is 9.69 Å². The van der Waals surface area contributed by atoms with Gasteiger partial charge in [-0.1, -0.05) is 30.7 Å². The molecular formula is C24H31N3O3S. The maximum Gasteiger partial charge on any atom is 0.255 e. The van der Waals surface area contributed by atoms with Crippen molar-refractivity contribution in [3.8, 4) is 0 Å². The second-order valence-electron chi connectivity index (χ2n) is 8.58. The number of piperidine rings is 1. The maximum absolute atomic E-state index is 13.2. The number of sulfonamides is 1. The molecule has 0 radical (unpaired) electrons. The Morgan fingerprint density at radius 3 is 2.52 bits per heavy atom. The lowest BCUT2D eigenvalue weighted by atomic mass is 10.1. The number of nitrogens with zero attached hydrogens (tertiary/aromatic N) is 2. The highest BCUT2D eigenvalue weighted by molar-refractivity contribution is 7.89. The lowest BCUT2D eigenvalue weighted by Gasteiger charge is -2.32. The van der Waals surface area contributed by atoms with Crippen molar-refractivity contribution in [2.45, 2.75) is 56.5 Å². The number of likely N-dealkylation sites (tertiary alicyclic amines) is 1. The molecule has 2 fully saturated rings. The number of para-hydroxylation sites is 1. The Bertz CT molecular complexity index is 1030. The summed E-state index contributed by atoms with van der Waals surface area (Å²) in [7, 11) is -3.62. The fourth-order valence-electron chi connectivity index (χ4n) is 4.52. The van der Waals surface area contributed by atoms with Crippen molar-refractivity contribution < 1.29 is 13.2 Å². The Morgan fingerprint density at radius 1 is 1.00 bits per heavy atom. The number of hydrogen-bond donors (Lipinski definition) is 1. The molecule has 2 aliphatic heterocycles. The third kappa shape index (κ3) is 5.00. The number of carbonyl (C=O) groups excluding carboxylic acids is 1. The zero-order chi connectivity index (χ0) is 21.8. The molecule has 7 heteroatoms. The minimum absolute atomic E-state index is 0.0197. The van der Waals surface area contributed by atoms with Crippen molar-refractivity contribution in [2.24, 2.45) is 0 Å². The van der Waals surface area contributed by atoms with E-state index >= 15 is 0 Å². The zero-order valence-corrected chi connectivity index (χ0v) is 18.9. The van der Waals surface area contributed by atoms with Crippen LogP contribution in [0.5, 0.6) is 0 Å². The van der Waals surface area contributed by atoms with Gasteiger partial charge in [-0.05, 0) is 75.5 Å². The van der Waals surface area contributed by atoms with Crippen molar-refractivity contribution in [2.75, 3.05) is 25.0 Å². The molecular weight excluding hydrogens is 410 g/mol. The topological polar surface area (TPSA) is 69.7 Å². The van der Waals surface area contributed by atoms with Crippen molar-refractivity contribution in [3.05, 3.63) is 59.7 Å². The number of amides is 1. The van der Waals surface area contributed by atoms with E-state index in [9.17, 15) is 13.2 Å². The third-order valence-corrected chi connectivity index (χ3v) is 8.31.